The Hall–Kier alpha value is -4.18. The van der Waals surface area contributed by atoms with Gasteiger partial charge >= 0.3 is 0 Å². The van der Waals surface area contributed by atoms with E-state index >= 15 is 0 Å². The highest BCUT2D eigenvalue weighted by Gasteiger charge is 2.60. The van der Waals surface area contributed by atoms with E-state index in [1.54, 1.807) is 24.5 Å². The normalized spacial score (nSPS) is 25.7. The van der Waals surface area contributed by atoms with Crippen LogP contribution in [-0.4, -0.2) is 55.6 Å². The molecule has 1 saturated carbocycles. The highest BCUT2D eigenvalue weighted by molar-refractivity contribution is 6.22. The molecule has 3 unspecified atom stereocenters. The number of rotatable bonds is 3. The first-order valence-corrected chi connectivity index (χ1v) is 10.9. The van der Waals surface area contributed by atoms with Crippen LogP contribution in [0.4, 0.5) is 0 Å². The maximum absolute atomic E-state index is 13.6. The fraction of sp³-hybridized carbons (Fsp3) is 0.280. The number of aliphatic hydroxyl groups is 3. The lowest BCUT2D eigenvalue weighted by Crippen LogP contribution is -2.58. The van der Waals surface area contributed by atoms with Crippen LogP contribution < -0.4 is 10.5 Å². The van der Waals surface area contributed by atoms with Gasteiger partial charge in [0.1, 0.15) is 28.6 Å². The largest absolute Gasteiger partial charge is 0.508 e. The van der Waals surface area contributed by atoms with E-state index in [1.807, 2.05) is 0 Å². The quantitative estimate of drug-likeness (QED) is 0.408. The van der Waals surface area contributed by atoms with E-state index in [-0.39, 0.29) is 36.1 Å². The maximum Gasteiger partial charge on any atom is 0.255 e. The number of hydrogen-bond acceptors (Lipinski definition) is 9. The zero-order valence-electron chi connectivity index (χ0n) is 18.6. The summed E-state index contributed by atoms with van der Waals surface area (Å²) in [5.41, 5.74) is 3.40. The van der Waals surface area contributed by atoms with E-state index in [2.05, 4.69) is 4.98 Å². The average Bonchev–Trinajstić information content (AvgIpc) is 2.81. The highest BCUT2D eigenvalue weighted by Crippen LogP contribution is 2.53. The van der Waals surface area contributed by atoms with Crippen LogP contribution in [0.1, 0.15) is 24.0 Å². The van der Waals surface area contributed by atoms with Gasteiger partial charge in [-0.25, -0.2) is 0 Å². The molecule has 0 spiro atoms. The lowest BCUT2D eigenvalue weighted by atomic mass is 9.59. The number of hydrogen-bond donors (Lipinski definition) is 5. The third-order valence-corrected chi connectivity index (χ3v) is 7.24. The van der Waals surface area contributed by atoms with Crippen molar-refractivity contribution < 1.29 is 39.5 Å². The number of nitrogens with zero attached hydrogens (tertiary/aromatic N) is 1. The number of methoxy groups -OCH3 is 1. The van der Waals surface area contributed by atoms with Crippen LogP contribution in [0.25, 0.3) is 16.9 Å². The molecule has 180 valence electrons. The predicted octanol–water partition coefficient (Wildman–Crippen LogP) is 1.49. The molecule has 3 atom stereocenters. The Morgan fingerprint density at radius 1 is 1.14 bits per heavy atom. The molecule has 0 radical (unpaired) electrons. The van der Waals surface area contributed by atoms with Crippen LogP contribution >= 0.6 is 0 Å². The first-order valence-electron chi connectivity index (χ1n) is 10.9. The van der Waals surface area contributed by atoms with Crippen LogP contribution in [0.15, 0.2) is 47.5 Å². The molecule has 3 aliphatic rings. The molecule has 2 aromatic rings. The monoisotopic (exact) mass is 478 g/mol. The number of ketones is 2. The van der Waals surface area contributed by atoms with Gasteiger partial charge in [-0.2, -0.15) is 0 Å². The van der Waals surface area contributed by atoms with Crippen molar-refractivity contribution in [1.29, 1.82) is 0 Å². The number of ether oxygens (including phenoxy) is 1. The van der Waals surface area contributed by atoms with Gasteiger partial charge in [0.15, 0.2) is 11.4 Å². The summed E-state index contributed by atoms with van der Waals surface area (Å²) in [4.78, 5) is 41.9. The number of fused-ring (bicyclic) bond motifs is 3. The number of amides is 1. The van der Waals surface area contributed by atoms with Crippen molar-refractivity contribution in [3.05, 3.63) is 58.6 Å². The van der Waals surface area contributed by atoms with Gasteiger partial charge in [-0.1, -0.05) is 6.07 Å². The number of primary amides is 1. The van der Waals surface area contributed by atoms with E-state index in [4.69, 9.17) is 10.5 Å². The molecule has 6 N–H and O–H groups in total. The number of benzene rings is 1. The Kier molecular flexibility index (Phi) is 4.95. The fourth-order valence-electron chi connectivity index (χ4n) is 5.64. The Labute approximate surface area is 199 Å². The van der Waals surface area contributed by atoms with Gasteiger partial charge in [-0.15, -0.1) is 0 Å². The zero-order valence-corrected chi connectivity index (χ0v) is 18.6. The topological polar surface area (TPSA) is 180 Å². The summed E-state index contributed by atoms with van der Waals surface area (Å²) in [6, 6.07) is 4.69. The number of aromatic hydroxyl groups is 1. The molecule has 10 heteroatoms. The number of aliphatic hydroxyl groups excluding tert-OH is 2. The smallest absolute Gasteiger partial charge is 0.255 e. The number of phenolic OH excluding ortho intramolecular Hbond substituents is 1. The van der Waals surface area contributed by atoms with Crippen molar-refractivity contribution in [3.63, 3.8) is 0 Å². The van der Waals surface area contributed by atoms with E-state index in [9.17, 15) is 34.8 Å². The Balaban J connectivity index is 1.72. The maximum atomic E-state index is 13.6. The summed E-state index contributed by atoms with van der Waals surface area (Å²) in [6.45, 7) is 0. The summed E-state index contributed by atoms with van der Waals surface area (Å²) in [6.07, 6.45) is 3.02. The van der Waals surface area contributed by atoms with Gasteiger partial charge in [-0.3, -0.25) is 19.4 Å². The first kappa shape index (κ1) is 22.6. The highest BCUT2D eigenvalue weighted by atomic mass is 16.5. The second kappa shape index (κ2) is 7.67. The number of Topliss-reactive ketones (excluding diaryl/α,β-unsaturated/α-hetero) is 2. The zero-order chi connectivity index (χ0) is 25.2. The average molecular weight is 478 g/mol. The van der Waals surface area contributed by atoms with Crippen molar-refractivity contribution in [2.75, 3.05) is 7.11 Å². The number of carbonyl (C=O) groups is 3. The molecule has 0 aliphatic heterocycles. The molecular weight excluding hydrogens is 456 g/mol. The van der Waals surface area contributed by atoms with Gasteiger partial charge < -0.3 is 30.9 Å². The summed E-state index contributed by atoms with van der Waals surface area (Å²) in [7, 11) is 1.50. The van der Waals surface area contributed by atoms with Gasteiger partial charge in [0, 0.05) is 35.9 Å². The van der Waals surface area contributed by atoms with Crippen LogP contribution in [0.5, 0.6) is 11.5 Å². The predicted molar refractivity (Wildman–Crippen MR) is 121 cm³/mol. The second-order valence-electron chi connectivity index (χ2n) is 8.97. The molecule has 1 amide bonds. The minimum Gasteiger partial charge on any atom is -0.508 e. The van der Waals surface area contributed by atoms with Crippen LogP contribution in [0, 0.1) is 11.8 Å². The molecule has 5 rings (SSSR count). The van der Waals surface area contributed by atoms with E-state index in [0.29, 0.717) is 22.4 Å². The molecular formula is C25H22N2O8. The summed E-state index contributed by atoms with van der Waals surface area (Å²) in [5.74, 6) is -6.11. The van der Waals surface area contributed by atoms with Crippen LogP contribution in [0.2, 0.25) is 0 Å². The molecule has 10 nitrogen and oxygen atoms in total. The fourth-order valence-corrected chi connectivity index (χ4v) is 5.64. The van der Waals surface area contributed by atoms with Crippen molar-refractivity contribution in [3.8, 4) is 22.6 Å². The lowest BCUT2D eigenvalue weighted by molar-refractivity contribution is -0.147. The molecule has 1 aromatic heterocycles. The van der Waals surface area contributed by atoms with Gasteiger partial charge in [0.25, 0.3) is 5.91 Å². The third-order valence-electron chi connectivity index (χ3n) is 7.24. The summed E-state index contributed by atoms with van der Waals surface area (Å²) < 4.78 is 5.44. The van der Waals surface area contributed by atoms with Gasteiger partial charge in [0.05, 0.1) is 12.7 Å². The molecule has 1 heterocycles. The first-order chi connectivity index (χ1) is 16.6. The van der Waals surface area contributed by atoms with Crippen LogP contribution in [-0.2, 0) is 20.8 Å². The van der Waals surface area contributed by atoms with Gasteiger partial charge in [-0.05, 0) is 42.0 Å². The van der Waals surface area contributed by atoms with Crippen molar-refractivity contribution in [2.45, 2.75) is 24.9 Å². The van der Waals surface area contributed by atoms with E-state index in [0.717, 1.165) is 0 Å². The minimum atomic E-state index is -2.59. The molecule has 35 heavy (non-hydrogen) atoms. The molecule has 0 bridgehead atoms. The number of pyridine rings is 1. The number of aromatic nitrogens is 1. The summed E-state index contributed by atoms with van der Waals surface area (Å²) in [5, 5.41) is 43.7. The number of phenols is 1. The van der Waals surface area contributed by atoms with E-state index < -0.39 is 52.0 Å². The minimum absolute atomic E-state index is 0.0144. The lowest BCUT2D eigenvalue weighted by Gasteiger charge is -2.46. The number of carbonyl (C=O) groups excluding carboxylic acids is 3. The Morgan fingerprint density at radius 2 is 1.89 bits per heavy atom. The third kappa shape index (κ3) is 2.99. The molecule has 0 saturated heterocycles. The molecule has 1 fully saturated rings. The van der Waals surface area contributed by atoms with Crippen molar-refractivity contribution in [1.82, 2.24) is 4.98 Å². The Bertz CT molecular complexity index is 1390. The molecule has 1 aromatic carbocycles. The van der Waals surface area contributed by atoms with Crippen molar-refractivity contribution >= 4 is 23.2 Å². The Morgan fingerprint density at radius 3 is 2.57 bits per heavy atom. The second-order valence-corrected chi connectivity index (χ2v) is 8.97. The van der Waals surface area contributed by atoms with Gasteiger partial charge in [0.2, 0.25) is 5.78 Å². The summed E-state index contributed by atoms with van der Waals surface area (Å²) >= 11 is 0. The van der Waals surface area contributed by atoms with Crippen molar-refractivity contribution in [2.24, 2.45) is 17.6 Å². The SMILES string of the molecule is COc1ccncc1-c1ccc(O)c2c1CC1CC3CC(=O)C(C(N)=O)=C(O)C3(O)C(=O)C1=C2O. The van der Waals surface area contributed by atoms with Crippen LogP contribution in [0.3, 0.4) is 0 Å². The van der Waals surface area contributed by atoms with E-state index in [1.165, 1.54) is 13.2 Å². The number of nitrogens with two attached hydrogens (primary N) is 1. The standard InChI is InChI=1S/C25H22N2O8/c1-35-17-4-5-27-9-14(17)12-2-3-15(28)19-13(12)7-10-6-11-8-16(29)20(24(26)33)23(32)25(11,34)22(31)18(10)21(19)30/h2-5,9-11,28,30,32,34H,6-8H2,1H3,(H2,26,33). The molecule has 3 aliphatic carbocycles.